The topological polar surface area (TPSA) is 79.2 Å². The maximum absolute atomic E-state index is 12.1. The number of ether oxygens (including phenoxy) is 1. The first-order valence-corrected chi connectivity index (χ1v) is 9.17. The van der Waals surface area contributed by atoms with Crippen molar-refractivity contribution in [2.24, 2.45) is 0 Å². The zero-order valence-electron chi connectivity index (χ0n) is 16.1. The molecule has 2 aromatic rings. The van der Waals surface area contributed by atoms with Crippen molar-refractivity contribution in [3.05, 3.63) is 76.9 Å². The Kier molecular flexibility index (Phi) is 7.98. The van der Waals surface area contributed by atoms with Crippen molar-refractivity contribution in [2.45, 2.75) is 32.7 Å². The van der Waals surface area contributed by atoms with Gasteiger partial charge < -0.3 is 10.1 Å². The first kappa shape index (κ1) is 20.9. The molecule has 1 N–H and O–H groups in total. The number of esters is 1. The van der Waals surface area contributed by atoms with Crippen LogP contribution in [0.1, 0.15) is 30.0 Å². The molecule has 0 radical (unpaired) electrons. The minimum atomic E-state index is -0.810. The standard InChI is InChI=1S/C23H24N2O3/c1-17-8-11-20(12-9-17)14-21(15-24)23(27)28-16-22(26)25-18(2)10-13-19-6-4-3-5-7-19/h3-9,11-12,14,18H,10,13,16H2,1-2H3,(H,25,26)/b21-14+/t18-/m0/s1. The van der Waals surface area contributed by atoms with E-state index in [1.807, 2.05) is 62.4 Å². The van der Waals surface area contributed by atoms with Crippen LogP contribution < -0.4 is 5.32 Å². The van der Waals surface area contributed by atoms with Crippen LogP contribution in [0.25, 0.3) is 6.08 Å². The number of hydrogen-bond acceptors (Lipinski definition) is 4. The minimum absolute atomic E-state index is 0.0510. The third kappa shape index (κ3) is 7.08. The lowest BCUT2D eigenvalue weighted by atomic mass is 10.1. The summed E-state index contributed by atoms with van der Waals surface area (Å²) in [5, 5.41) is 12.0. The van der Waals surface area contributed by atoms with Gasteiger partial charge in [-0.3, -0.25) is 4.79 Å². The lowest BCUT2D eigenvalue weighted by Crippen LogP contribution is -2.36. The largest absolute Gasteiger partial charge is 0.451 e. The zero-order valence-corrected chi connectivity index (χ0v) is 16.1. The summed E-state index contributed by atoms with van der Waals surface area (Å²) in [7, 11) is 0. The third-order valence-corrected chi connectivity index (χ3v) is 4.18. The quantitative estimate of drug-likeness (QED) is 0.434. The fourth-order valence-electron chi connectivity index (χ4n) is 2.59. The van der Waals surface area contributed by atoms with Crippen LogP contribution in [-0.2, 0) is 20.7 Å². The molecular formula is C23H24N2O3. The number of aryl methyl sites for hydroxylation is 2. The van der Waals surface area contributed by atoms with Gasteiger partial charge in [0.25, 0.3) is 5.91 Å². The van der Waals surface area contributed by atoms with Gasteiger partial charge in [0.1, 0.15) is 11.6 Å². The average Bonchev–Trinajstić information content (AvgIpc) is 2.71. The van der Waals surface area contributed by atoms with E-state index in [0.717, 1.165) is 24.0 Å². The normalized spacial score (nSPS) is 12.0. The fourth-order valence-corrected chi connectivity index (χ4v) is 2.59. The average molecular weight is 376 g/mol. The molecule has 0 saturated heterocycles. The predicted octanol–water partition coefficient (Wildman–Crippen LogP) is 3.58. The van der Waals surface area contributed by atoms with Gasteiger partial charge in [0.15, 0.2) is 6.61 Å². The smallest absolute Gasteiger partial charge is 0.349 e. The second kappa shape index (κ2) is 10.7. The van der Waals surface area contributed by atoms with E-state index >= 15 is 0 Å². The molecule has 0 aliphatic heterocycles. The highest BCUT2D eigenvalue weighted by Crippen LogP contribution is 2.10. The van der Waals surface area contributed by atoms with E-state index in [1.54, 1.807) is 12.1 Å². The van der Waals surface area contributed by atoms with Crippen molar-refractivity contribution in [3.63, 3.8) is 0 Å². The van der Waals surface area contributed by atoms with Gasteiger partial charge in [-0.05, 0) is 43.9 Å². The predicted molar refractivity (Wildman–Crippen MR) is 108 cm³/mol. The van der Waals surface area contributed by atoms with Crippen molar-refractivity contribution in [3.8, 4) is 6.07 Å². The first-order chi connectivity index (χ1) is 13.5. The van der Waals surface area contributed by atoms with Crippen LogP contribution in [0.15, 0.2) is 60.2 Å². The molecule has 0 aromatic heterocycles. The number of nitrogens with one attached hydrogen (secondary N) is 1. The number of nitriles is 1. The number of carbonyl (C=O) groups is 2. The van der Waals surface area contributed by atoms with E-state index in [2.05, 4.69) is 5.32 Å². The number of benzene rings is 2. The fraction of sp³-hybridized carbons (Fsp3) is 0.261. The van der Waals surface area contributed by atoms with Crippen molar-refractivity contribution >= 4 is 18.0 Å². The van der Waals surface area contributed by atoms with E-state index < -0.39 is 12.6 Å². The van der Waals surface area contributed by atoms with Crippen LogP contribution in [0, 0.1) is 18.3 Å². The number of carbonyl (C=O) groups excluding carboxylic acids is 2. The van der Waals surface area contributed by atoms with Gasteiger partial charge >= 0.3 is 5.97 Å². The highest BCUT2D eigenvalue weighted by atomic mass is 16.5. The second-order valence-electron chi connectivity index (χ2n) is 6.65. The van der Waals surface area contributed by atoms with Crippen molar-refractivity contribution in [2.75, 3.05) is 6.61 Å². The lowest BCUT2D eigenvalue weighted by Gasteiger charge is -2.14. The summed E-state index contributed by atoms with van der Waals surface area (Å²) < 4.78 is 4.97. The van der Waals surface area contributed by atoms with E-state index in [9.17, 15) is 14.9 Å². The molecule has 0 aliphatic rings. The zero-order chi connectivity index (χ0) is 20.4. The van der Waals surface area contributed by atoms with Gasteiger partial charge in [0.2, 0.25) is 0 Å². The van der Waals surface area contributed by atoms with Crippen LogP contribution in [-0.4, -0.2) is 24.5 Å². The van der Waals surface area contributed by atoms with E-state index in [0.29, 0.717) is 0 Å². The van der Waals surface area contributed by atoms with Gasteiger partial charge in [-0.15, -0.1) is 0 Å². The Labute approximate surface area is 165 Å². The summed E-state index contributed by atoms with van der Waals surface area (Å²) in [6, 6.07) is 19.2. The van der Waals surface area contributed by atoms with Gasteiger partial charge in [-0.2, -0.15) is 5.26 Å². The van der Waals surface area contributed by atoms with E-state index in [4.69, 9.17) is 4.74 Å². The monoisotopic (exact) mass is 376 g/mol. The Morgan fingerprint density at radius 1 is 1.14 bits per heavy atom. The third-order valence-electron chi connectivity index (χ3n) is 4.18. The molecule has 0 saturated carbocycles. The van der Waals surface area contributed by atoms with Crippen LogP contribution >= 0.6 is 0 Å². The molecule has 28 heavy (non-hydrogen) atoms. The Hall–Kier alpha value is -3.39. The molecule has 5 heteroatoms. The number of rotatable bonds is 8. The van der Waals surface area contributed by atoms with E-state index in [1.165, 1.54) is 11.6 Å². The summed E-state index contributed by atoms with van der Waals surface area (Å²) in [5.41, 5.74) is 2.86. The first-order valence-electron chi connectivity index (χ1n) is 9.17. The van der Waals surface area contributed by atoms with Crippen molar-refractivity contribution in [1.82, 2.24) is 5.32 Å². The molecule has 0 unspecified atom stereocenters. The van der Waals surface area contributed by atoms with Crippen LogP contribution in [0.2, 0.25) is 0 Å². The molecule has 0 fully saturated rings. The second-order valence-corrected chi connectivity index (χ2v) is 6.65. The summed E-state index contributed by atoms with van der Waals surface area (Å²) in [4.78, 5) is 24.0. The summed E-state index contributed by atoms with van der Waals surface area (Å²) >= 11 is 0. The van der Waals surface area contributed by atoms with Gasteiger partial charge in [0, 0.05) is 6.04 Å². The number of amides is 1. The Balaban J connectivity index is 1.79. The molecule has 0 heterocycles. The molecule has 5 nitrogen and oxygen atoms in total. The summed E-state index contributed by atoms with van der Waals surface area (Å²) in [6.45, 7) is 3.44. The van der Waals surface area contributed by atoms with Crippen LogP contribution in [0.5, 0.6) is 0 Å². The van der Waals surface area contributed by atoms with Crippen LogP contribution in [0.3, 0.4) is 0 Å². The Morgan fingerprint density at radius 2 is 1.82 bits per heavy atom. The summed E-state index contributed by atoms with van der Waals surface area (Å²) in [5.74, 6) is -1.20. The maximum Gasteiger partial charge on any atom is 0.349 e. The highest BCUT2D eigenvalue weighted by molar-refractivity contribution is 5.98. The molecule has 0 bridgehead atoms. The van der Waals surface area contributed by atoms with Crippen LogP contribution in [0.4, 0.5) is 0 Å². The molecule has 1 amide bonds. The molecule has 2 rings (SSSR count). The summed E-state index contributed by atoms with van der Waals surface area (Å²) in [6.07, 6.45) is 3.07. The van der Waals surface area contributed by atoms with E-state index in [-0.39, 0.29) is 17.5 Å². The van der Waals surface area contributed by atoms with Gasteiger partial charge in [0.05, 0.1) is 0 Å². The highest BCUT2D eigenvalue weighted by Gasteiger charge is 2.14. The molecule has 1 atom stereocenters. The minimum Gasteiger partial charge on any atom is -0.451 e. The Morgan fingerprint density at radius 3 is 2.46 bits per heavy atom. The number of hydrogen-bond donors (Lipinski definition) is 1. The lowest BCUT2D eigenvalue weighted by molar-refractivity contribution is -0.144. The molecule has 0 aliphatic carbocycles. The maximum atomic E-state index is 12.1. The SMILES string of the molecule is Cc1ccc(/C=C(\C#N)C(=O)OCC(=O)N[C@@H](C)CCc2ccccc2)cc1. The Bertz CT molecular complexity index is 865. The van der Waals surface area contributed by atoms with Crippen molar-refractivity contribution in [1.29, 1.82) is 5.26 Å². The molecule has 0 spiro atoms. The molecule has 2 aromatic carbocycles. The van der Waals surface area contributed by atoms with Gasteiger partial charge in [-0.1, -0.05) is 60.2 Å². The number of nitrogens with zero attached hydrogens (tertiary/aromatic N) is 1. The molecule has 144 valence electrons. The van der Waals surface area contributed by atoms with Gasteiger partial charge in [-0.25, -0.2) is 4.79 Å². The molecular weight excluding hydrogens is 352 g/mol. The van der Waals surface area contributed by atoms with Crippen molar-refractivity contribution < 1.29 is 14.3 Å².